The van der Waals surface area contributed by atoms with Crippen molar-refractivity contribution in [1.82, 2.24) is 4.98 Å². The SMILES string of the molecule is CC(N)c1coc2ccncc12. The smallest absolute Gasteiger partial charge is 0.137 e. The highest BCUT2D eigenvalue weighted by molar-refractivity contribution is 5.80. The van der Waals surface area contributed by atoms with E-state index in [1.807, 2.05) is 13.0 Å². The average Bonchev–Trinajstić information content (AvgIpc) is 2.47. The van der Waals surface area contributed by atoms with E-state index >= 15 is 0 Å². The normalized spacial score (nSPS) is 13.5. The molecule has 0 spiro atoms. The van der Waals surface area contributed by atoms with Crippen molar-refractivity contribution in [1.29, 1.82) is 0 Å². The zero-order chi connectivity index (χ0) is 8.55. The maximum Gasteiger partial charge on any atom is 0.137 e. The van der Waals surface area contributed by atoms with E-state index in [-0.39, 0.29) is 6.04 Å². The maximum absolute atomic E-state index is 5.74. The molecule has 1 atom stereocenters. The summed E-state index contributed by atoms with van der Waals surface area (Å²) >= 11 is 0. The molecule has 2 aromatic heterocycles. The largest absolute Gasteiger partial charge is 0.464 e. The zero-order valence-corrected chi connectivity index (χ0v) is 6.82. The van der Waals surface area contributed by atoms with Gasteiger partial charge in [0, 0.05) is 29.4 Å². The van der Waals surface area contributed by atoms with Crippen molar-refractivity contribution in [2.75, 3.05) is 0 Å². The Morgan fingerprint density at radius 1 is 1.58 bits per heavy atom. The number of hydrogen-bond donors (Lipinski definition) is 1. The van der Waals surface area contributed by atoms with Crippen molar-refractivity contribution >= 4 is 11.0 Å². The maximum atomic E-state index is 5.74. The van der Waals surface area contributed by atoms with E-state index in [0.29, 0.717) is 0 Å². The van der Waals surface area contributed by atoms with Crippen LogP contribution >= 0.6 is 0 Å². The van der Waals surface area contributed by atoms with Crippen LogP contribution in [0, 0.1) is 0 Å². The zero-order valence-electron chi connectivity index (χ0n) is 6.82. The molecule has 0 fully saturated rings. The van der Waals surface area contributed by atoms with Crippen LogP contribution in [0.4, 0.5) is 0 Å². The van der Waals surface area contributed by atoms with Crippen molar-refractivity contribution in [2.45, 2.75) is 13.0 Å². The standard InChI is InChI=1S/C9H10N2O/c1-6(10)8-5-12-9-2-3-11-4-7(8)9/h2-6H,10H2,1H3. The van der Waals surface area contributed by atoms with E-state index in [4.69, 9.17) is 10.2 Å². The van der Waals surface area contributed by atoms with Gasteiger partial charge in [-0.2, -0.15) is 0 Å². The highest BCUT2D eigenvalue weighted by Gasteiger charge is 2.08. The summed E-state index contributed by atoms with van der Waals surface area (Å²) in [6.45, 7) is 1.93. The number of nitrogens with two attached hydrogens (primary N) is 1. The first-order valence-electron chi connectivity index (χ1n) is 3.85. The highest BCUT2D eigenvalue weighted by Crippen LogP contribution is 2.23. The minimum absolute atomic E-state index is 0.00421. The van der Waals surface area contributed by atoms with Gasteiger partial charge in [-0.25, -0.2) is 0 Å². The second kappa shape index (κ2) is 2.60. The van der Waals surface area contributed by atoms with Gasteiger partial charge in [-0.1, -0.05) is 0 Å². The molecule has 0 aromatic carbocycles. The predicted molar refractivity (Wildman–Crippen MR) is 46.6 cm³/mol. The number of hydrogen-bond acceptors (Lipinski definition) is 3. The molecule has 1 unspecified atom stereocenters. The van der Waals surface area contributed by atoms with Crippen LogP contribution in [0.15, 0.2) is 29.1 Å². The second-order valence-corrected chi connectivity index (χ2v) is 2.85. The molecule has 0 aliphatic rings. The van der Waals surface area contributed by atoms with Crippen molar-refractivity contribution in [3.05, 3.63) is 30.3 Å². The molecule has 2 rings (SSSR count). The van der Waals surface area contributed by atoms with Crippen LogP contribution in [-0.4, -0.2) is 4.98 Å². The molecule has 0 aliphatic carbocycles. The molecule has 12 heavy (non-hydrogen) atoms. The first kappa shape index (κ1) is 7.31. The molecule has 3 nitrogen and oxygen atoms in total. The Labute approximate surface area is 70.2 Å². The minimum Gasteiger partial charge on any atom is -0.464 e. The van der Waals surface area contributed by atoms with Gasteiger partial charge in [0.05, 0.1) is 6.26 Å². The number of fused-ring (bicyclic) bond motifs is 1. The van der Waals surface area contributed by atoms with E-state index < -0.39 is 0 Å². The Morgan fingerprint density at radius 2 is 2.42 bits per heavy atom. The van der Waals surface area contributed by atoms with Crippen LogP contribution in [0.5, 0.6) is 0 Å². The van der Waals surface area contributed by atoms with E-state index in [1.54, 1.807) is 18.7 Å². The Balaban J connectivity index is 2.70. The summed E-state index contributed by atoms with van der Waals surface area (Å²) in [5.41, 5.74) is 7.59. The van der Waals surface area contributed by atoms with Crippen LogP contribution in [-0.2, 0) is 0 Å². The van der Waals surface area contributed by atoms with E-state index in [0.717, 1.165) is 16.5 Å². The lowest BCUT2D eigenvalue weighted by atomic mass is 10.1. The molecule has 0 amide bonds. The fourth-order valence-electron chi connectivity index (χ4n) is 1.24. The molecule has 0 radical (unpaired) electrons. The third kappa shape index (κ3) is 0.987. The summed E-state index contributed by atoms with van der Waals surface area (Å²) in [5, 5.41) is 1.01. The topological polar surface area (TPSA) is 52.0 Å². The quantitative estimate of drug-likeness (QED) is 0.696. The number of furan rings is 1. The van der Waals surface area contributed by atoms with Gasteiger partial charge in [-0.15, -0.1) is 0 Å². The molecule has 2 aromatic rings. The molecule has 2 N–H and O–H groups in total. The van der Waals surface area contributed by atoms with Crippen molar-refractivity contribution in [2.24, 2.45) is 5.73 Å². The summed E-state index contributed by atoms with van der Waals surface area (Å²) in [6.07, 6.45) is 5.17. The van der Waals surface area contributed by atoms with Gasteiger partial charge in [0.25, 0.3) is 0 Å². The third-order valence-electron chi connectivity index (χ3n) is 1.90. The van der Waals surface area contributed by atoms with Crippen LogP contribution in [0.25, 0.3) is 11.0 Å². The lowest BCUT2D eigenvalue weighted by molar-refractivity contribution is 0.604. The molecule has 3 heteroatoms. The predicted octanol–water partition coefficient (Wildman–Crippen LogP) is 1.85. The van der Waals surface area contributed by atoms with E-state index in [1.165, 1.54) is 0 Å². The van der Waals surface area contributed by atoms with Crippen molar-refractivity contribution in [3.8, 4) is 0 Å². The molecular formula is C9H10N2O. The van der Waals surface area contributed by atoms with Crippen LogP contribution < -0.4 is 5.73 Å². The summed E-state index contributed by atoms with van der Waals surface area (Å²) in [5.74, 6) is 0. The van der Waals surface area contributed by atoms with Crippen molar-refractivity contribution in [3.63, 3.8) is 0 Å². The van der Waals surface area contributed by atoms with E-state index in [9.17, 15) is 0 Å². The Morgan fingerprint density at radius 3 is 3.17 bits per heavy atom. The Bertz CT molecular complexity index is 392. The number of aromatic nitrogens is 1. The van der Waals surface area contributed by atoms with E-state index in [2.05, 4.69) is 4.98 Å². The number of nitrogens with zero attached hydrogens (tertiary/aromatic N) is 1. The van der Waals surface area contributed by atoms with Crippen molar-refractivity contribution < 1.29 is 4.42 Å². The minimum atomic E-state index is -0.00421. The van der Waals surface area contributed by atoms with Crippen LogP contribution in [0.2, 0.25) is 0 Å². The average molecular weight is 162 g/mol. The summed E-state index contributed by atoms with van der Waals surface area (Å²) in [7, 11) is 0. The Kier molecular flexibility index (Phi) is 1.59. The lowest BCUT2D eigenvalue weighted by Gasteiger charge is -1.99. The molecule has 0 aliphatic heterocycles. The van der Waals surface area contributed by atoms with Crippen LogP contribution in [0.3, 0.4) is 0 Å². The Hall–Kier alpha value is -1.35. The first-order chi connectivity index (χ1) is 5.79. The third-order valence-corrected chi connectivity index (χ3v) is 1.90. The molecule has 62 valence electrons. The monoisotopic (exact) mass is 162 g/mol. The summed E-state index contributed by atoms with van der Waals surface area (Å²) in [4.78, 5) is 4.01. The summed E-state index contributed by atoms with van der Waals surface area (Å²) < 4.78 is 5.29. The fourth-order valence-corrected chi connectivity index (χ4v) is 1.24. The van der Waals surface area contributed by atoms with Gasteiger partial charge < -0.3 is 10.2 Å². The first-order valence-corrected chi connectivity index (χ1v) is 3.85. The molecule has 0 bridgehead atoms. The molecule has 0 saturated carbocycles. The van der Waals surface area contributed by atoms with Gasteiger partial charge in [-0.3, -0.25) is 4.98 Å². The van der Waals surface area contributed by atoms with Crippen LogP contribution in [0.1, 0.15) is 18.5 Å². The molecular weight excluding hydrogens is 152 g/mol. The van der Waals surface area contributed by atoms with Gasteiger partial charge in [-0.05, 0) is 13.0 Å². The second-order valence-electron chi connectivity index (χ2n) is 2.85. The van der Waals surface area contributed by atoms with Gasteiger partial charge in [0.15, 0.2) is 0 Å². The number of pyridine rings is 1. The fraction of sp³-hybridized carbons (Fsp3) is 0.222. The molecule has 0 saturated heterocycles. The number of rotatable bonds is 1. The lowest BCUT2D eigenvalue weighted by Crippen LogP contribution is -2.03. The van der Waals surface area contributed by atoms with Gasteiger partial charge >= 0.3 is 0 Å². The van der Waals surface area contributed by atoms with Gasteiger partial charge in [0.1, 0.15) is 5.58 Å². The van der Waals surface area contributed by atoms with Gasteiger partial charge in [0.2, 0.25) is 0 Å². The molecule has 2 heterocycles. The highest BCUT2D eigenvalue weighted by atomic mass is 16.3. The summed E-state index contributed by atoms with van der Waals surface area (Å²) in [6, 6.07) is 1.83.